The van der Waals surface area contributed by atoms with Gasteiger partial charge in [-0.2, -0.15) is 0 Å². The first-order chi connectivity index (χ1) is 14.4. The number of pyridine rings is 1. The highest BCUT2D eigenvalue weighted by Crippen LogP contribution is 2.32. The van der Waals surface area contributed by atoms with Gasteiger partial charge < -0.3 is 14.4 Å². The van der Waals surface area contributed by atoms with Crippen LogP contribution in [-0.4, -0.2) is 43.2 Å². The Morgan fingerprint density at radius 2 is 1.77 bits per heavy atom. The lowest BCUT2D eigenvalue weighted by Gasteiger charge is -2.24. The largest absolute Gasteiger partial charge is 0.466 e. The zero-order valence-corrected chi connectivity index (χ0v) is 18.6. The van der Waals surface area contributed by atoms with E-state index in [2.05, 4.69) is 4.98 Å². The molecule has 8 heteroatoms. The second kappa shape index (κ2) is 11.5. The average molecular weight is 435 g/mol. The topological polar surface area (TPSA) is 68.7 Å². The molecular weight excluding hydrogens is 407 g/mol. The minimum Gasteiger partial charge on any atom is -0.466 e. The standard InChI is InChI=1S/C22H27FN2O4S/c1-5-25(13-12-19(26)28-6-2)20-17(22(27)29-7-3)14-18(23)21(24-20)30-16-10-8-15(4)9-11-16/h8-11,14H,5-7,12-13H2,1-4H3. The first-order valence-electron chi connectivity index (χ1n) is 9.92. The zero-order chi connectivity index (χ0) is 22.1. The van der Waals surface area contributed by atoms with E-state index in [0.717, 1.165) is 16.5 Å². The van der Waals surface area contributed by atoms with Crippen LogP contribution in [0, 0.1) is 12.7 Å². The molecule has 0 spiro atoms. The lowest BCUT2D eigenvalue weighted by atomic mass is 10.2. The van der Waals surface area contributed by atoms with Gasteiger partial charge in [-0.05, 0) is 45.9 Å². The van der Waals surface area contributed by atoms with Gasteiger partial charge in [-0.3, -0.25) is 4.79 Å². The SMILES string of the molecule is CCOC(=O)CCN(CC)c1nc(Sc2ccc(C)cc2)c(F)cc1C(=O)OCC. The molecule has 0 radical (unpaired) electrons. The van der Waals surface area contributed by atoms with Gasteiger partial charge in [-0.25, -0.2) is 14.2 Å². The van der Waals surface area contributed by atoms with E-state index in [9.17, 15) is 14.0 Å². The molecule has 0 unspecified atom stereocenters. The van der Waals surface area contributed by atoms with E-state index >= 15 is 0 Å². The fourth-order valence-corrected chi connectivity index (χ4v) is 3.51. The van der Waals surface area contributed by atoms with Gasteiger partial charge in [0, 0.05) is 18.0 Å². The number of halogens is 1. The highest BCUT2D eigenvalue weighted by Gasteiger charge is 2.23. The van der Waals surface area contributed by atoms with Crippen LogP contribution in [0.25, 0.3) is 0 Å². The molecule has 1 aromatic carbocycles. The van der Waals surface area contributed by atoms with Gasteiger partial charge in [0.1, 0.15) is 16.4 Å². The molecule has 0 aliphatic heterocycles. The van der Waals surface area contributed by atoms with Crippen molar-refractivity contribution in [1.82, 2.24) is 4.98 Å². The summed E-state index contributed by atoms with van der Waals surface area (Å²) >= 11 is 1.17. The molecule has 6 nitrogen and oxygen atoms in total. The minimum absolute atomic E-state index is 0.0355. The molecule has 0 saturated heterocycles. The van der Waals surface area contributed by atoms with Crippen molar-refractivity contribution >= 4 is 29.5 Å². The Labute approximate surface area is 180 Å². The fourth-order valence-electron chi connectivity index (χ4n) is 2.73. The first kappa shape index (κ1) is 23.7. The zero-order valence-electron chi connectivity index (χ0n) is 17.7. The summed E-state index contributed by atoms with van der Waals surface area (Å²) in [7, 11) is 0. The highest BCUT2D eigenvalue weighted by atomic mass is 32.2. The Kier molecular flexibility index (Phi) is 9.11. The molecule has 0 bridgehead atoms. The summed E-state index contributed by atoms with van der Waals surface area (Å²) in [6, 6.07) is 8.80. The molecule has 0 saturated carbocycles. The number of esters is 2. The Hall–Kier alpha value is -2.61. The van der Waals surface area contributed by atoms with E-state index < -0.39 is 11.8 Å². The van der Waals surface area contributed by atoms with Crippen molar-refractivity contribution in [2.75, 3.05) is 31.2 Å². The van der Waals surface area contributed by atoms with Gasteiger partial charge in [-0.1, -0.05) is 29.5 Å². The summed E-state index contributed by atoms with van der Waals surface area (Å²) < 4.78 is 24.9. The maximum atomic E-state index is 14.8. The quantitative estimate of drug-likeness (QED) is 0.505. The van der Waals surface area contributed by atoms with Crippen LogP contribution in [0.1, 0.15) is 43.1 Å². The molecule has 0 aliphatic rings. The molecule has 2 aromatic rings. The number of nitrogens with zero attached hydrogens (tertiary/aromatic N) is 2. The van der Waals surface area contributed by atoms with Gasteiger partial charge in [0.2, 0.25) is 0 Å². The third-order valence-electron chi connectivity index (χ3n) is 4.23. The number of carbonyl (C=O) groups is 2. The van der Waals surface area contributed by atoms with Crippen molar-refractivity contribution < 1.29 is 23.5 Å². The summed E-state index contributed by atoms with van der Waals surface area (Å²) in [4.78, 5) is 31.2. The summed E-state index contributed by atoms with van der Waals surface area (Å²) in [5.41, 5.74) is 1.13. The highest BCUT2D eigenvalue weighted by molar-refractivity contribution is 7.99. The van der Waals surface area contributed by atoms with Crippen molar-refractivity contribution in [1.29, 1.82) is 0 Å². The smallest absolute Gasteiger partial charge is 0.342 e. The molecule has 162 valence electrons. The second-order valence-corrected chi connectivity index (χ2v) is 7.48. The van der Waals surface area contributed by atoms with Crippen molar-refractivity contribution in [2.24, 2.45) is 0 Å². The van der Waals surface area contributed by atoms with E-state index in [1.54, 1.807) is 18.7 Å². The first-order valence-corrected chi connectivity index (χ1v) is 10.7. The Balaban J connectivity index is 2.40. The van der Waals surface area contributed by atoms with Crippen LogP contribution in [-0.2, 0) is 14.3 Å². The van der Waals surface area contributed by atoms with Gasteiger partial charge in [0.05, 0.1) is 19.6 Å². The van der Waals surface area contributed by atoms with E-state index in [1.165, 1.54) is 11.8 Å². The van der Waals surface area contributed by atoms with Crippen molar-refractivity contribution in [3.8, 4) is 0 Å². The van der Waals surface area contributed by atoms with Gasteiger partial charge in [-0.15, -0.1) is 0 Å². The van der Waals surface area contributed by atoms with E-state index in [-0.39, 0.29) is 41.9 Å². The Morgan fingerprint density at radius 1 is 1.10 bits per heavy atom. The van der Waals surface area contributed by atoms with Crippen LogP contribution in [0.2, 0.25) is 0 Å². The van der Waals surface area contributed by atoms with E-state index in [4.69, 9.17) is 9.47 Å². The molecule has 0 N–H and O–H groups in total. The fraction of sp³-hybridized carbons (Fsp3) is 0.409. The number of rotatable bonds is 10. The number of hydrogen-bond acceptors (Lipinski definition) is 7. The second-order valence-electron chi connectivity index (χ2n) is 6.42. The van der Waals surface area contributed by atoms with Gasteiger partial charge in [0.25, 0.3) is 0 Å². The molecular formula is C22H27FN2O4S. The van der Waals surface area contributed by atoms with Crippen LogP contribution < -0.4 is 4.90 Å². The molecule has 1 aromatic heterocycles. The number of aromatic nitrogens is 1. The average Bonchev–Trinajstić information content (AvgIpc) is 2.72. The molecule has 0 aliphatic carbocycles. The number of hydrogen-bond donors (Lipinski definition) is 0. The monoisotopic (exact) mass is 434 g/mol. The predicted molar refractivity (Wildman–Crippen MR) is 115 cm³/mol. The van der Waals surface area contributed by atoms with Crippen molar-refractivity contribution in [3.63, 3.8) is 0 Å². The van der Waals surface area contributed by atoms with Crippen LogP contribution >= 0.6 is 11.8 Å². The Bertz CT molecular complexity index is 874. The lowest BCUT2D eigenvalue weighted by molar-refractivity contribution is -0.142. The third-order valence-corrected chi connectivity index (χ3v) is 5.21. The van der Waals surface area contributed by atoms with Crippen LogP contribution in [0.15, 0.2) is 40.3 Å². The van der Waals surface area contributed by atoms with E-state index in [1.807, 2.05) is 38.1 Å². The molecule has 0 atom stereocenters. The normalized spacial score (nSPS) is 10.6. The number of benzene rings is 1. The Morgan fingerprint density at radius 3 is 2.37 bits per heavy atom. The summed E-state index contributed by atoms with van der Waals surface area (Å²) in [6.45, 7) is 8.49. The molecule has 2 rings (SSSR count). The maximum absolute atomic E-state index is 14.8. The summed E-state index contributed by atoms with van der Waals surface area (Å²) in [6.07, 6.45) is 0.128. The summed E-state index contributed by atoms with van der Waals surface area (Å²) in [5, 5.41) is 0.150. The molecule has 1 heterocycles. The molecule has 30 heavy (non-hydrogen) atoms. The number of aryl methyl sites for hydroxylation is 1. The minimum atomic E-state index is -0.652. The molecule has 0 amide bonds. The number of ether oxygens (including phenoxy) is 2. The summed E-state index contributed by atoms with van der Waals surface area (Å²) in [5.74, 6) is -1.31. The van der Waals surface area contributed by atoms with Crippen molar-refractivity contribution in [3.05, 3.63) is 47.3 Å². The predicted octanol–water partition coefficient (Wildman–Crippen LogP) is 4.64. The third kappa shape index (κ3) is 6.45. The molecule has 0 fully saturated rings. The van der Waals surface area contributed by atoms with Crippen LogP contribution in [0.4, 0.5) is 10.2 Å². The van der Waals surface area contributed by atoms with E-state index in [0.29, 0.717) is 13.2 Å². The number of anilines is 1. The number of carbonyl (C=O) groups excluding carboxylic acids is 2. The maximum Gasteiger partial charge on any atom is 0.342 e. The van der Waals surface area contributed by atoms with Gasteiger partial charge in [0.15, 0.2) is 5.82 Å². The lowest BCUT2D eigenvalue weighted by Crippen LogP contribution is -2.29. The van der Waals surface area contributed by atoms with Crippen LogP contribution in [0.5, 0.6) is 0 Å². The van der Waals surface area contributed by atoms with Crippen LogP contribution in [0.3, 0.4) is 0 Å². The van der Waals surface area contributed by atoms with Crippen molar-refractivity contribution in [2.45, 2.75) is 44.0 Å². The van der Waals surface area contributed by atoms with Gasteiger partial charge >= 0.3 is 11.9 Å².